The second kappa shape index (κ2) is 12.1. The number of rotatable bonds is 8. The van der Waals surface area contributed by atoms with Crippen molar-refractivity contribution in [3.8, 4) is 0 Å². The number of ether oxygens (including phenoxy) is 2. The monoisotopic (exact) mass is 644 g/mol. The minimum absolute atomic E-state index is 0.0451. The molecule has 0 radical (unpaired) electrons. The van der Waals surface area contributed by atoms with Crippen molar-refractivity contribution in [1.29, 1.82) is 0 Å². The molecule has 4 aliphatic rings. The van der Waals surface area contributed by atoms with E-state index in [4.69, 9.17) is 9.47 Å². The van der Waals surface area contributed by atoms with E-state index < -0.39 is 32.9 Å². The number of carbonyl (C=O) groups is 2. The van der Waals surface area contributed by atoms with Gasteiger partial charge in [0.15, 0.2) is 5.13 Å². The molecule has 3 N–H and O–H groups in total. The van der Waals surface area contributed by atoms with Crippen LogP contribution in [0.25, 0.3) is 6.08 Å². The number of sulfonamides is 1. The fourth-order valence-electron chi connectivity index (χ4n) is 6.73. The number of anilines is 2. The molecule has 1 aromatic heterocycles. The van der Waals surface area contributed by atoms with Gasteiger partial charge in [0.05, 0.1) is 36.2 Å². The van der Waals surface area contributed by atoms with Crippen molar-refractivity contribution in [3.05, 3.63) is 59.8 Å². The summed E-state index contributed by atoms with van der Waals surface area (Å²) in [6, 6.07) is 8.41. The van der Waals surface area contributed by atoms with E-state index in [1.807, 2.05) is 42.5 Å². The zero-order valence-corrected chi connectivity index (χ0v) is 26.1. The number of benzene rings is 1. The molecule has 4 heterocycles. The molecule has 3 amide bonds. The predicted octanol–water partition coefficient (Wildman–Crippen LogP) is 2.75. The number of nitrogens with zero attached hydrogens (tertiary/aromatic N) is 4. The van der Waals surface area contributed by atoms with E-state index in [0.717, 1.165) is 10.6 Å². The summed E-state index contributed by atoms with van der Waals surface area (Å²) in [5, 5.41) is 16.1. The summed E-state index contributed by atoms with van der Waals surface area (Å²) in [7, 11) is -0.986. The molecule has 1 spiro atoms. The molecule has 1 aromatic carbocycles. The lowest BCUT2D eigenvalue weighted by atomic mass is 9.70. The number of amides is 3. The van der Waals surface area contributed by atoms with Gasteiger partial charge in [-0.1, -0.05) is 53.8 Å². The number of hydrogen-bond acceptors (Lipinski definition) is 10. The summed E-state index contributed by atoms with van der Waals surface area (Å²) >= 11 is 1.29. The first-order valence-electron chi connectivity index (χ1n) is 14.4. The van der Waals surface area contributed by atoms with Crippen molar-refractivity contribution in [2.24, 2.45) is 5.92 Å². The van der Waals surface area contributed by atoms with Crippen LogP contribution in [0.5, 0.6) is 0 Å². The van der Waals surface area contributed by atoms with Crippen LogP contribution < -0.4 is 10.6 Å². The normalized spacial score (nSPS) is 27.1. The maximum absolute atomic E-state index is 14.0. The lowest BCUT2D eigenvalue weighted by Crippen LogP contribution is -2.67. The third-order valence-electron chi connectivity index (χ3n) is 8.99. The first kappa shape index (κ1) is 30.5. The number of aliphatic hydroxyl groups is 1. The van der Waals surface area contributed by atoms with E-state index in [1.165, 1.54) is 22.8 Å². The first-order chi connectivity index (χ1) is 21.2. The van der Waals surface area contributed by atoms with Gasteiger partial charge in [-0.2, -0.15) is 4.31 Å². The van der Waals surface area contributed by atoms with Crippen molar-refractivity contribution in [2.45, 2.75) is 42.4 Å². The van der Waals surface area contributed by atoms with Crippen LogP contribution in [0.1, 0.15) is 24.1 Å². The maximum atomic E-state index is 14.0. The summed E-state index contributed by atoms with van der Waals surface area (Å²) in [4.78, 5) is 34.4. The molecule has 0 saturated carbocycles. The van der Waals surface area contributed by atoms with E-state index in [0.29, 0.717) is 23.8 Å². The van der Waals surface area contributed by atoms with Gasteiger partial charge < -0.3 is 29.7 Å². The van der Waals surface area contributed by atoms with Crippen molar-refractivity contribution < 1.29 is 32.6 Å². The molecule has 2 saturated heterocycles. The number of carbonyl (C=O) groups excluding carboxylic acids is 2. The van der Waals surface area contributed by atoms with Crippen LogP contribution in [-0.4, -0.2) is 108 Å². The molecule has 3 aliphatic heterocycles. The molecule has 2 fully saturated rings. The van der Waals surface area contributed by atoms with Crippen LogP contribution >= 0.6 is 11.3 Å². The van der Waals surface area contributed by atoms with Gasteiger partial charge in [0, 0.05) is 39.2 Å². The Morgan fingerprint density at radius 2 is 2.02 bits per heavy atom. The van der Waals surface area contributed by atoms with E-state index in [2.05, 4.69) is 15.6 Å². The Morgan fingerprint density at radius 3 is 2.70 bits per heavy atom. The molecule has 236 valence electrons. The van der Waals surface area contributed by atoms with E-state index in [9.17, 15) is 23.1 Å². The highest BCUT2D eigenvalue weighted by molar-refractivity contribution is 7.89. The molecule has 15 heteroatoms. The number of nitrogens with one attached hydrogen (secondary N) is 2. The Bertz CT molecular complexity index is 1560. The van der Waals surface area contributed by atoms with Crippen LogP contribution in [0.3, 0.4) is 0 Å². The van der Waals surface area contributed by atoms with E-state index >= 15 is 0 Å². The van der Waals surface area contributed by atoms with Crippen LogP contribution in [0.4, 0.5) is 19.7 Å². The molecular formula is C29H36N6O7S2. The second-order valence-corrected chi connectivity index (χ2v) is 14.4. The van der Waals surface area contributed by atoms with Crippen LogP contribution in [0, 0.1) is 5.92 Å². The number of fused-ring (bicyclic) bond motifs is 3. The second-order valence-electron chi connectivity index (χ2n) is 11.3. The van der Waals surface area contributed by atoms with Gasteiger partial charge in [0.25, 0.3) is 0 Å². The van der Waals surface area contributed by atoms with Crippen molar-refractivity contribution >= 4 is 49.7 Å². The topological polar surface area (TPSA) is 154 Å². The Hall–Kier alpha value is -3.50. The van der Waals surface area contributed by atoms with Gasteiger partial charge in [-0.05, 0) is 30.6 Å². The Morgan fingerprint density at radius 1 is 1.23 bits per heavy atom. The third-order valence-corrected chi connectivity index (χ3v) is 12.1. The van der Waals surface area contributed by atoms with Crippen molar-refractivity contribution in [3.63, 3.8) is 0 Å². The standard InChI is InChI=1S/C29H36N6O7S2/c1-41-24-11-9-22-25(31-24)43-26(30-22)32-27(37)34-18-29(12-13-35(29)28(38)42-2)21-16-20(8-10-23(21)34)44(39,40)33(14-15-36)17-19-6-4-3-5-7-19/h3-11,20-21,23-24,31,36H,12-18H2,1-2H3,(H,30,32,37)/t20?,21?,23?,24?,29-/m1/s1. The van der Waals surface area contributed by atoms with Crippen molar-refractivity contribution in [1.82, 2.24) is 19.1 Å². The van der Waals surface area contributed by atoms with E-state index in [1.54, 1.807) is 29.1 Å². The zero-order valence-electron chi connectivity index (χ0n) is 24.5. The Labute approximate surface area is 260 Å². The number of urea groups is 1. The molecule has 0 bridgehead atoms. The SMILES string of the molecule is COC(=O)N1CC[C@]12CN(C(=O)Nc1nc3c(s1)NC(OC)C=C3)C1C=CC(S(=O)(=O)N(CCO)Cc3ccccc3)CC12. The van der Waals surface area contributed by atoms with Gasteiger partial charge in [-0.3, -0.25) is 5.32 Å². The molecule has 13 nitrogen and oxygen atoms in total. The Balaban J connectivity index is 1.27. The average Bonchev–Trinajstić information content (AvgIpc) is 3.59. The highest BCUT2D eigenvalue weighted by Crippen LogP contribution is 2.51. The zero-order chi connectivity index (χ0) is 31.1. The summed E-state index contributed by atoms with van der Waals surface area (Å²) in [6.45, 7) is 0.439. The molecule has 44 heavy (non-hydrogen) atoms. The fraction of sp³-hybridized carbons (Fsp3) is 0.483. The summed E-state index contributed by atoms with van der Waals surface area (Å²) in [6.07, 6.45) is 7.11. The summed E-state index contributed by atoms with van der Waals surface area (Å²) < 4.78 is 39.7. The minimum atomic E-state index is -3.89. The number of aromatic nitrogens is 1. The number of thiazole rings is 1. The van der Waals surface area contributed by atoms with Crippen LogP contribution in [0.2, 0.25) is 0 Å². The van der Waals surface area contributed by atoms with Gasteiger partial charge >= 0.3 is 12.1 Å². The average molecular weight is 645 g/mol. The molecule has 5 atom stereocenters. The van der Waals surface area contributed by atoms with Gasteiger partial charge in [-0.15, -0.1) is 0 Å². The molecule has 6 rings (SSSR count). The molecular weight excluding hydrogens is 608 g/mol. The quantitative estimate of drug-likeness (QED) is 0.368. The third kappa shape index (κ3) is 5.36. The van der Waals surface area contributed by atoms with E-state index in [-0.39, 0.29) is 50.8 Å². The largest absolute Gasteiger partial charge is 0.453 e. The highest BCUT2D eigenvalue weighted by Gasteiger charge is 2.63. The first-order valence-corrected chi connectivity index (χ1v) is 16.8. The molecule has 4 unspecified atom stereocenters. The Kier molecular flexibility index (Phi) is 8.41. The van der Waals surface area contributed by atoms with Crippen LogP contribution in [-0.2, 0) is 26.0 Å². The lowest BCUT2D eigenvalue weighted by molar-refractivity contribution is -0.0280. The summed E-state index contributed by atoms with van der Waals surface area (Å²) in [5.41, 5.74) is 0.733. The molecule has 2 aromatic rings. The number of hydrogen-bond donors (Lipinski definition) is 3. The van der Waals surface area contributed by atoms with Crippen molar-refractivity contribution in [2.75, 3.05) is 51.1 Å². The number of aliphatic hydroxyl groups excluding tert-OH is 1. The molecule has 1 aliphatic carbocycles. The lowest BCUT2D eigenvalue weighted by Gasteiger charge is -2.53. The number of methoxy groups -OCH3 is 2. The fourth-order valence-corrected chi connectivity index (χ4v) is 9.39. The smallest absolute Gasteiger partial charge is 0.410 e. The number of likely N-dealkylation sites (tertiary alicyclic amines) is 2. The summed E-state index contributed by atoms with van der Waals surface area (Å²) in [5.74, 6) is -0.352. The highest BCUT2D eigenvalue weighted by atomic mass is 32.2. The maximum Gasteiger partial charge on any atom is 0.410 e. The van der Waals surface area contributed by atoms with Gasteiger partial charge in [-0.25, -0.2) is 23.0 Å². The van der Waals surface area contributed by atoms with Crippen LogP contribution in [0.15, 0.2) is 48.6 Å². The minimum Gasteiger partial charge on any atom is -0.453 e. The predicted molar refractivity (Wildman–Crippen MR) is 165 cm³/mol. The van der Waals surface area contributed by atoms with Gasteiger partial charge in [0.2, 0.25) is 10.0 Å². The van der Waals surface area contributed by atoms with Gasteiger partial charge in [0.1, 0.15) is 11.2 Å².